The molecule has 0 radical (unpaired) electrons. The molecule has 172 valence electrons. The normalized spacial score (nSPS) is 19.1. The molecule has 1 saturated heterocycles. The number of ether oxygens (including phenoxy) is 1. The number of nitriles is 1. The Morgan fingerprint density at radius 2 is 2.03 bits per heavy atom. The Hall–Kier alpha value is -3.19. The summed E-state index contributed by atoms with van der Waals surface area (Å²) in [5, 5.41) is 11.0. The fraction of sp³-hybridized carbons (Fsp3) is 0.522. The number of fused-ring (bicyclic) bond motifs is 1. The Kier molecular flexibility index (Phi) is 5.24. The maximum Gasteiger partial charge on any atom is 0.410 e. The van der Waals surface area contributed by atoms with Gasteiger partial charge in [0.15, 0.2) is 10.8 Å². The van der Waals surface area contributed by atoms with E-state index in [2.05, 4.69) is 34.1 Å². The number of carbonyl (C=O) groups excluding carboxylic acids is 1. The maximum absolute atomic E-state index is 12.6. The minimum Gasteiger partial charge on any atom is -0.444 e. The van der Waals surface area contributed by atoms with Crippen molar-refractivity contribution in [2.75, 3.05) is 24.5 Å². The van der Waals surface area contributed by atoms with Gasteiger partial charge in [-0.3, -0.25) is 4.57 Å². The Bertz CT molecular complexity index is 1250. The fourth-order valence-corrected chi connectivity index (χ4v) is 5.02. The summed E-state index contributed by atoms with van der Waals surface area (Å²) in [4.78, 5) is 31.0. The van der Waals surface area contributed by atoms with E-state index in [9.17, 15) is 10.1 Å². The summed E-state index contributed by atoms with van der Waals surface area (Å²) in [6.07, 6.45) is 7.33. The van der Waals surface area contributed by atoms with Gasteiger partial charge in [-0.1, -0.05) is 11.3 Å². The smallest absolute Gasteiger partial charge is 0.410 e. The van der Waals surface area contributed by atoms with Crippen molar-refractivity contribution in [2.24, 2.45) is 0 Å². The second-order valence-corrected chi connectivity index (χ2v) is 10.7. The molecule has 1 amide bonds. The molecule has 3 aromatic heterocycles. The van der Waals surface area contributed by atoms with E-state index < -0.39 is 5.60 Å². The molecule has 10 heteroatoms. The first kappa shape index (κ1) is 21.6. The SMILES string of the molecule is CC1CN(C(=O)OC(C)(C)C)CCN1c1ncnc2c1c(C1CC1)cn2-c1ncc(C#N)s1. The Morgan fingerprint density at radius 3 is 2.67 bits per heavy atom. The van der Waals surface area contributed by atoms with Gasteiger partial charge in [-0.05, 0) is 52.0 Å². The van der Waals surface area contributed by atoms with Crippen molar-refractivity contribution < 1.29 is 9.53 Å². The van der Waals surface area contributed by atoms with E-state index in [1.807, 2.05) is 25.3 Å². The van der Waals surface area contributed by atoms with Crippen LogP contribution < -0.4 is 4.90 Å². The minimum absolute atomic E-state index is 0.0739. The average molecular weight is 466 g/mol. The van der Waals surface area contributed by atoms with Gasteiger partial charge in [0.2, 0.25) is 0 Å². The van der Waals surface area contributed by atoms with Crippen molar-refractivity contribution in [3.05, 3.63) is 29.2 Å². The van der Waals surface area contributed by atoms with Crippen LogP contribution in [-0.4, -0.2) is 61.8 Å². The highest BCUT2D eigenvalue weighted by molar-refractivity contribution is 7.14. The van der Waals surface area contributed by atoms with Crippen LogP contribution in [0.15, 0.2) is 18.7 Å². The number of piperazine rings is 1. The molecule has 0 bridgehead atoms. The standard InChI is InChI=1S/C23H27N7O2S/c1-14-11-28(22(31)32-23(2,3)4)7-8-29(14)19-18-17(15-5-6-15)12-30(20(18)27-13-26-19)21-25-10-16(9-24)33-21/h10,12-15H,5-8,11H2,1-4H3. The van der Waals surface area contributed by atoms with Crippen LogP contribution in [0.1, 0.15) is 56.9 Å². The maximum atomic E-state index is 12.6. The summed E-state index contributed by atoms with van der Waals surface area (Å²) in [7, 11) is 0. The van der Waals surface area contributed by atoms with E-state index in [1.54, 1.807) is 17.4 Å². The lowest BCUT2D eigenvalue weighted by atomic mass is 10.1. The van der Waals surface area contributed by atoms with Crippen LogP contribution in [0.5, 0.6) is 0 Å². The van der Waals surface area contributed by atoms with Gasteiger partial charge in [0.05, 0.1) is 11.6 Å². The van der Waals surface area contributed by atoms with Crippen molar-refractivity contribution >= 4 is 34.3 Å². The van der Waals surface area contributed by atoms with Crippen molar-refractivity contribution in [1.29, 1.82) is 5.26 Å². The predicted molar refractivity (Wildman–Crippen MR) is 126 cm³/mol. The quantitative estimate of drug-likeness (QED) is 0.575. The van der Waals surface area contributed by atoms with Crippen LogP contribution >= 0.6 is 11.3 Å². The lowest BCUT2D eigenvalue weighted by molar-refractivity contribution is 0.0218. The van der Waals surface area contributed by atoms with E-state index in [0.29, 0.717) is 30.4 Å². The summed E-state index contributed by atoms with van der Waals surface area (Å²) in [5.41, 5.74) is 1.53. The van der Waals surface area contributed by atoms with Gasteiger partial charge in [-0.25, -0.2) is 19.7 Å². The third kappa shape index (κ3) is 4.13. The third-order valence-corrected chi connectivity index (χ3v) is 6.87. The molecule has 1 atom stereocenters. The Labute approximate surface area is 196 Å². The zero-order chi connectivity index (χ0) is 23.3. The molecule has 1 unspecified atom stereocenters. The molecule has 5 rings (SSSR count). The Balaban J connectivity index is 1.49. The largest absolute Gasteiger partial charge is 0.444 e. The van der Waals surface area contributed by atoms with E-state index in [1.165, 1.54) is 16.9 Å². The minimum atomic E-state index is -0.514. The summed E-state index contributed by atoms with van der Waals surface area (Å²) < 4.78 is 7.56. The highest BCUT2D eigenvalue weighted by Gasteiger charge is 2.35. The molecule has 1 saturated carbocycles. The molecular formula is C23H27N7O2S. The van der Waals surface area contributed by atoms with E-state index in [4.69, 9.17) is 9.72 Å². The number of nitrogens with zero attached hydrogens (tertiary/aromatic N) is 7. The number of carbonyl (C=O) groups is 1. The van der Waals surface area contributed by atoms with Gasteiger partial charge in [0.1, 0.15) is 28.7 Å². The monoisotopic (exact) mass is 465 g/mol. The molecule has 0 aromatic carbocycles. The number of amides is 1. The van der Waals surface area contributed by atoms with Crippen molar-refractivity contribution in [3.8, 4) is 11.2 Å². The predicted octanol–water partition coefficient (Wildman–Crippen LogP) is 4.07. The fourth-order valence-electron chi connectivity index (χ4n) is 4.33. The molecule has 1 aliphatic carbocycles. The zero-order valence-electron chi connectivity index (χ0n) is 19.3. The van der Waals surface area contributed by atoms with Crippen LogP contribution in [0, 0.1) is 11.3 Å². The van der Waals surface area contributed by atoms with Gasteiger partial charge >= 0.3 is 6.09 Å². The van der Waals surface area contributed by atoms with E-state index in [0.717, 1.165) is 34.8 Å². The van der Waals surface area contributed by atoms with Crippen LogP contribution in [0.3, 0.4) is 0 Å². The van der Waals surface area contributed by atoms with Crippen molar-refractivity contribution in [3.63, 3.8) is 0 Å². The van der Waals surface area contributed by atoms with Crippen molar-refractivity contribution in [1.82, 2.24) is 24.4 Å². The molecule has 2 aliphatic rings. The number of rotatable bonds is 3. The summed E-state index contributed by atoms with van der Waals surface area (Å²) in [6.45, 7) is 9.56. The molecule has 1 aliphatic heterocycles. The molecule has 3 aromatic rings. The van der Waals surface area contributed by atoms with Gasteiger partial charge < -0.3 is 14.5 Å². The highest BCUT2D eigenvalue weighted by Crippen LogP contribution is 2.46. The highest BCUT2D eigenvalue weighted by atomic mass is 32.1. The summed E-state index contributed by atoms with van der Waals surface area (Å²) >= 11 is 1.35. The molecule has 33 heavy (non-hydrogen) atoms. The zero-order valence-corrected chi connectivity index (χ0v) is 20.1. The van der Waals surface area contributed by atoms with Crippen LogP contribution in [-0.2, 0) is 4.74 Å². The molecule has 9 nitrogen and oxygen atoms in total. The van der Waals surface area contributed by atoms with E-state index in [-0.39, 0.29) is 12.1 Å². The van der Waals surface area contributed by atoms with Crippen LogP contribution in [0.2, 0.25) is 0 Å². The number of thiazole rings is 1. The Morgan fingerprint density at radius 1 is 1.24 bits per heavy atom. The number of aromatic nitrogens is 4. The molecule has 4 heterocycles. The first-order valence-corrected chi connectivity index (χ1v) is 12.0. The second-order valence-electron chi connectivity index (χ2n) is 9.71. The second kappa shape index (κ2) is 7.99. The van der Waals surface area contributed by atoms with Gasteiger partial charge in [-0.15, -0.1) is 0 Å². The van der Waals surface area contributed by atoms with Crippen molar-refractivity contribution in [2.45, 2.75) is 58.1 Å². The van der Waals surface area contributed by atoms with Gasteiger partial charge in [0, 0.05) is 31.9 Å². The number of hydrogen-bond acceptors (Lipinski definition) is 8. The van der Waals surface area contributed by atoms with Gasteiger partial charge in [0.25, 0.3) is 0 Å². The average Bonchev–Trinajstić information content (AvgIpc) is 3.36. The summed E-state index contributed by atoms with van der Waals surface area (Å²) in [6, 6.07) is 2.24. The van der Waals surface area contributed by atoms with Crippen LogP contribution in [0.25, 0.3) is 16.2 Å². The lowest BCUT2D eigenvalue weighted by Gasteiger charge is -2.41. The molecule has 0 N–H and O–H groups in total. The topological polar surface area (TPSA) is 100 Å². The third-order valence-electron chi connectivity index (χ3n) is 5.97. The van der Waals surface area contributed by atoms with Gasteiger partial charge in [-0.2, -0.15) is 5.26 Å². The number of hydrogen-bond donors (Lipinski definition) is 0. The molecule has 0 spiro atoms. The first-order valence-electron chi connectivity index (χ1n) is 11.2. The van der Waals surface area contributed by atoms with E-state index >= 15 is 0 Å². The lowest BCUT2D eigenvalue weighted by Crippen LogP contribution is -2.54. The first-order chi connectivity index (χ1) is 15.7. The summed E-state index contributed by atoms with van der Waals surface area (Å²) in [5.74, 6) is 1.39. The molecule has 2 fully saturated rings. The number of anilines is 1. The molecular weight excluding hydrogens is 438 g/mol. The van der Waals surface area contributed by atoms with Crippen LogP contribution in [0.4, 0.5) is 10.6 Å².